The number of anilines is 4. The zero-order valence-corrected chi connectivity index (χ0v) is 23.9. The van der Waals surface area contributed by atoms with E-state index in [1.807, 2.05) is 0 Å². The van der Waals surface area contributed by atoms with Crippen LogP contribution in [0.1, 0.15) is 60.0 Å². The molecule has 3 fully saturated rings. The summed E-state index contributed by atoms with van der Waals surface area (Å²) in [5.41, 5.74) is 3.62. The van der Waals surface area contributed by atoms with Crippen molar-refractivity contribution in [3.63, 3.8) is 0 Å². The fourth-order valence-electron chi connectivity index (χ4n) is 5.81. The van der Waals surface area contributed by atoms with Gasteiger partial charge in [0.1, 0.15) is 6.07 Å². The molecule has 3 aliphatic rings. The number of nitriles is 1. The Labute approximate surface area is 239 Å². The number of nitrogens with zero attached hydrogens (tertiary/aromatic N) is 3. The number of hydrogen-bond acceptors (Lipinski definition) is 7. The molecule has 1 spiro atoms. The first-order valence-electron chi connectivity index (χ1n) is 13.9. The Kier molecular flexibility index (Phi) is 7.87. The minimum atomic E-state index is -3.75. The number of aliphatic hydroxyl groups excluding tert-OH is 1. The maximum atomic E-state index is 13.8. The predicted octanol–water partition coefficient (Wildman–Crippen LogP) is 4.47. The highest BCUT2D eigenvalue weighted by Gasteiger charge is 2.44. The van der Waals surface area contributed by atoms with Crippen LogP contribution >= 0.6 is 0 Å². The number of benzene rings is 2. The van der Waals surface area contributed by atoms with Gasteiger partial charge in [-0.15, -0.1) is 0 Å². The summed E-state index contributed by atoms with van der Waals surface area (Å²) in [5.74, 6) is -3.57. The largest absolute Gasteiger partial charge is 0.395 e. The molecule has 12 heteroatoms. The minimum absolute atomic E-state index is 0.104. The van der Waals surface area contributed by atoms with Gasteiger partial charge < -0.3 is 20.2 Å². The van der Waals surface area contributed by atoms with Crippen LogP contribution in [0.2, 0.25) is 0 Å². The Morgan fingerprint density at radius 2 is 1.59 bits per heavy atom. The van der Waals surface area contributed by atoms with E-state index in [9.17, 15) is 27.3 Å². The molecule has 5 rings (SSSR count). The molecule has 1 aliphatic carbocycles. The number of carbonyl (C=O) groups is 1. The molecule has 0 unspecified atom stereocenters. The second-order valence-electron chi connectivity index (χ2n) is 11.5. The number of carbonyl (C=O) groups excluding carboxylic acids is 1. The number of halogens is 2. The standard InChI is InChI=1S/C29H35F2N5O4S/c1-20-16-22(18-26(24(20)19-32)36-12-8-29(30,31)9-13-36)33-27(38)23-3-2-21(34-41(39,40)15-14-37)17-25(23)35-10-6-28(4-5-28)7-11-35/h2-3,16-18,34,37H,4-15H2,1H3,(H,33,38). The Morgan fingerprint density at radius 1 is 0.976 bits per heavy atom. The zero-order chi connectivity index (χ0) is 29.4. The quantitative estimate of drug-likeness (QED) is 0.416. The molecule has 2 aromatic carbocycles. The van der Waals surface area contributed by atoms with Crippen LogP contribution in [0.3, 0.4) is 0 Å². The van der Waals surface area contributed by atoms with Gasteiger partial charge in [-0.1, -0.05) is 0 Å². The van der Waals surface area contributed by atoms with Crippen molar-refractivity contribution in [1.82, 2.24) is 0 Å². The highest BCUT2D eigenvalue weighted by atomic mass is 32.2. The molecule has 0 bridgehead atoms. The van der Waals surface area contributed by atoms with Crippen LogP contribution in [0.4, 0.5) is 31.5 Å². The minimum Gasteiger partial charge on any atom is -0.395 e. The Balaban J connectivity index is 1.43. The van der Waals surface area contributed by atoms with Gasteiger partial charge in [0, 0.05) is 44.7 Å². The highest BCUT2D eigenvalue weighted by molar-refractivity contribution is 7.92. The fraction of sp³-hybridized carbons (Fsp3) is 0.517. The molecule has 2 heterocycles. The third kappa shape index (κ3) is 6.57. The van der Waals surface area contributed by atoms with Crippen LogP contribution in [0, 0.1) is 23.7 Å². The Hall–Kier alpha value is -3.43. The van der Waals surface area contributed by atoms with Gasteiger partial charge in [0.2, 0.25) is 10.0 Å². The first kappa shape index (κ1) is 29.1. The number of aryl methyl sites for hydroxylation is 1. The van der Waals surface area contributed by atoms with Crippen LogP contribution in [-0.2, 0) is 10.0 Å². The molecule has 2 aliphatic heterocycles. The first-order chi connectivity index (χ1) is 19.4. The maximum absolute atomic E-state index is 13.8. The van der Waals surface area contributed by atoms with Gasteiger partial charge in [-0.2, -0.15) is 5.26 Å². The van der Waals surface area contributed by atoms with Gasteiger partial charge in [0.15, 0.2) is 0 Å². The van der Waals surface area contributed by atoms with Crippen LogP contribution in [0.15, 0.2) is 30.3 Å². The van der Waals surface area contributed by atoms with E-state index in [1.54, 1.807) is 36.1 Å². The van der Waals surface area contributed by atoms with Gasteiger partial charge in [-0.3, -0.25) is 9.52 Å². The molecular weight excluding hydrogens is 552 g/mol. The number of piperidine rings is 2. The van der Waals surface area contributed by atoms with E-state index in [0.29, 0.717) is 44.9 Å². The third-order valence-corrected chi connectivity index (χ3v) is 9.78. The van der Waals surface area contributed by atoms with Crippen LogP contribution in [-0.4, -0.2) is 63.9 Å². The summed E-state index contributed by atoms with van der Waals surface area (Å²) in [6, 6.07) is 10.3. The van der Waals surface area contributed by atoms with E-state index < -0.39 is 34.2 Å². The lowest BCUT2D eigenvalue weighted by Gasteiger charge is -2.35. The number of amides is 1. The molecule has 2 aromatic rings. The van der Waals surface area contributed by atoms with Crippen molar-refractivity contribution in [2.75, 3.05) is 58.4 Å². The zero-order valence-electron chi connectivity index (χ0n) is 23.0. The van der Waals surface area contributed by atoms with Crippen LogP contribution in [0.5, 0.6) is 0 Å². The van der Waals surface area contributed by atoms with Gasteiger partial charge in [-0.05, 0) is 73.9 Å². The Morgan fingerprint density at radius 3 is 2.20 bits per heavy atom. The molecule has 9 nitrogen and oxygen atoms in total. The molecular formula is C29H35F2N5O4S. The van der Waals surface area contributed by atoms with E-state index in [2.05, 4.69) is 21.0 Å². The SMILES string of the molecule is Cc1cc(NC(=O)c2ccc(NS(=O)(=O)CCO)cc2N2CCC3(CC2)CC3)cc(N2CCC(F)(F)CC2)c1C#N. The smallest absolute Gasteiger partial charge is 0.257 e. The number of rotatable bonds is 8. The van der Waals surface area contributed by atoms with Crippen LogP contribution < -0.4 is 19.8 Å². The molecule has 220 valence electrons. The fourth-order valence-corrected chi connectivity index (χ4v) is 6.64. The van der Waals surface area contributed by atoms with Crippen molar-refractivity contribution in [1.29, 1.82) is 5.26 Å². The molecule has 0 radical (unpaired) electrons. The monoisotopic (exact) mass is 587 g/mol. The lowest BCUT2D eigenvalue weighted by atomic mass is 9.93. The number of hydrogen-bond donors (Lipinski definition) is 3. The van der Waals surface area contributed by atoms with Crippen molar-refractivity contribution in [2.45, 2.75) is 51.4 Å². The average Bonchev–Trinajstić information content (AvgIpc) is 3.67. The van der Waals surface area contributed by atoms with Gasteiger partial charge in [0.25, 0.3) is 11.8 Å². The van der Waals surface area contributed by atoms with Gasteiger partial charge >= 0.3 is 0 Å². The van der Waals surface area contributed by atoms with Crippen molar-refractivity contribution >= 4 is 38.7 Å². The van der Waals surface area contributed by atoms with E-state index in [-0.39, 0.29) is 25.9 Å². The number of sulfonamides is 1. The lowest BCUT2D eigenvalue weighted by Crippen LogP contribution is -2.39. The van der Waals surface area contributed by atoms with E-state index in [1.165, 1.54) is 18.9 Å². The molecule has 0 atom stereocenters. The van der Waals surface area contributed by atoms with Crippen molar-refractivity contribution in [3.05, 3.63) is 47.0 Å². The maximum Gasteiger partial charge on any atom is 0.257 e. The summed E-state index contributed by atoms with van der Waals surface area (Å²) in [6.07, 6.45) is 3.82. The van der Waals surface area contributed by atoms with Crippen molar-refractivity contribution in [2.24, 2.45) is 5.41 Å². The molecule has 0 aromatic heterocycles. The summed E-state index contributed by atoms with van der Waals surface area (Å²) in [6.45, 7) is 2.93. The van der Waals surface area contributed by atoms with Gasteiger partial charge in [-0.25, -0.2) is 17.2 Å². The summed E-state index contributed by atoms with van der Waals surface area (Å²) in [7, 11) is -3.75. The topological polar surface area (TPSA) is 126 Å². The normalized spacial score (nSPS) is 19.5. The number of alkyl halides is 2. The molecule has 1 amide bonds. The van der Waals surface area contributed by atoms with E-state index >= 15 is 0 Å². The van der Waals surface area contributed by atoms with E-state index in [4.69, 9.17) is 5.11 Å². The molecule has 2 saturated heterocycles. The second-order valence-corrected chi connectivity index (χ2v) is 13.3. The summed E-state index contributed by atoms with van der Waals surface area (Å²) in [5, 5.41) is 21.8. The highest BCUT2D eigenvalue weighted by Crippen LogP contribution is 2.54. The third-order valence-electron chi connectivity index (χ3n) is 8.52. The number of aliphatic hydroxyl groups is 1. The van der Waals surface area contributed by atoms with Crippen LogP contribution in [0.25, 0.3) is 0 Å². The molecule has 3 N–H and O–H groups in total. The number of nitrogens with one attached hydrogen (secondary N) is 2. The molecule has 1 saturated carbocycles. The predicted molar refractivity (Wildman–Crippen MR) is 154 cm³/mol. The summed E-state index contributed by atoms with van der Waals surface area (Å²) >= 11 is 0. The lowest BCUT2D eigenvalue weighted by molar-refractivity contribution is -0.0220. The summed E-state index contributed by atoms with van der Waals surface area (Å²) in [4.78, 5) is 17.5. The molecule has 41 heavy (non-hydrogen) atoms. The Bertz CT molecular complexity index is 1470. The van der Waals surface area contributed by atoms with Crippen molar-refractivity contribution in [3.8, 4) is 6.07 Å². The first-order valence-corrected chi connectivity index (χ1v) is 15.6. The average molecular weight is 588 g/mol. The van der Waals surface area contributed by atoms with Gasteiger partial charge in [0.05, 0.1) is 40.5 Å². The summed E-state index contributed by atoms with van der Waals surface area (Å²) < 4.78 is 54.6. The van der Waals surface area contributed by atoms with E-state index in [0.717, 1.165) is 25.9 Å². The second kappa shape index (κ2) is 11.1. The van der Waals surface area contributed by atoms with Crippen molar-refractivity contribution < 1.29 is 27.1 Å².